The molecule has 1 aliphatic carbocycles. The van der Waals surface area contributed by atoms with E-state index < -0.39 is 0 Å². The molecule has 0 radical (unpaired) electrons. The highest BCUT2D eigenvalue weighted by molar-refractivity contribution is 7.13. The van der Waals surface area contributed by atoms with Gasteiger partial charge < -0.3 is 14.8 Å². The molecule has 25 heavy (non-hydrogen) atoms. The van der Waals surface area contributed by atoms with Crippen LogP contribution in [0.15, 0.2) is 29.9 Å². The lowest BCUT2D eigenvalue weighted by atomic mass is 9.93. The molecule has 0 unspecified atom stereocenters. The van der Waals surface area contributed by atoms with E-state index in [2.05, 4.69) is 15.3 Å². The highest BCUT2D eigenvalue weighted by atomic mass is 32.1. The predicted molar refractivity (Wildman–Crippen MR) is 96.7 cm³/mol. The summed E-state index contributed by atoms with van der Waals surface area (Å²) in [6.07, 6.45) is 5.82. The molecule has 0 saturated heterocycles. The highest BCUT2D eigenvalue weighted by Gasteiger charge is 2.23. The lowest BCUT2D eigenvalue weighted by Crippen LogP contribution is -2.39. The molecule has 3 rings (SSSR count). The van der Waals surface area contributed by atoms with Gasteiger partial charge in [-0.1, -0.05) is 6.07 Å². The number of hydrogen-bond acceptors (Lipinski definition) is 6. The summed E-state index contributed by atoms with van der Waals surface area (Å²) in [4.78, 5) is 22.0. The first-order valence-corrected chi connectivity index (χ1v) is 9.41. The molecule has 0 aliphatic heterocycles. The third-order valence-electron chi connectivity index (χ3n) is 4.32. The minimum absolute atomic E-state index is 0.116. The first-order valence-electron chi connectivity index (χ1n) is 8.53. The molecule has 1 saturated carbocycles. The molecule has 7 heteroatoms. The van der Waals surface area contributed by atoms with Crippen LogP contribution in [0, 0.1) is 0 Å². The Bertz CT molecular complexity index is 670. The highest BCUT2D eigenvalue weighted by Crippen LogP contribution is 2.23. The van der Waals surface area contributed by atoms with Crippen molar-refractivity contribution in [2.45, 2.75) is 37.8 Å². The Morgan fingerprint density at radius 1 is 1.28 bits per heavy atom. The molecule has 0 bridgehead atoms. The zero-order chi connectivity index (χ0) is 17.5. The average molecular weight is 361 g/mol. The van der Waals surface area contributed by atoms with Gasteiger partial charge in [0.2, 0.25) is 0 Å². The Hall–Kier alpha value is -1.83. The zero-order valence-corrected chi connectivity index (χ0v) is 15.1. The van der Waals surface area contributed by atoms with Crippen LogP contribution in [0.5, 0.6) is 0 Å². The average Bonchev–Trinajstić information content (AvgIpc) is 3.18. The summed E-state index contributed by atoms with van der Waals surface area (Å²) in [7, 11) is 1.67. The molecule has 0 spiro atoms. The van der Waals surface area contributed by atoms with Crippen LogP contribution in [0.2, 0.25) is 0 Å². The largest absolute Gasteiger partial charge is 0.382 e. The maximum atomic E-state index is 12.5. The first-order chi connectivity index (χ1) is 12.3. The van der Waals surface area contributed by atoms with Crippen LogP contribution in [0.1, 0.15) is 36.2 Å². The van der Waals surface area contributed by atoms with E-state index >= 15 is 0 Å². The van der Waals surface area contributed by atoms with E-state index in [9.17, 15) is 4.79 Å². The number of carbonyl (C=O) groups is 1. The molecule has 2 heterocycles. The van der Waals surface area contributed by atoms with Gasteiger partial charge in [-0.05, 0) is 37.8 Å². The number of aromatic nitrogens is 2. The lowest BCUT2D eigenvalue weighted by Gasteiger charge is -2.29. The maximum absolute atomic E-state index is 12.5. The SMILES string of the molecule is COCCOC1CCC(NC(=O)c2cccc(-c3cncs3)n2)CC1. The number of ether oxygens (including phenoxy) is 2. The topological polar surface area (TPSA) is 73.3 Å². The molecule has 0 atom stereocenters. The van der Waals surface area contributed by atoms with Gasteiger partial charge in [-0.2, -0.15) is 0 Å². The molecule has 6 nitrogen and oxygen atoms in total. The van der Waals surface area contributed by atoms with Crippen molar-refractivity contribution in [2.24, 2.45) is 0 Å². The fraction of sp³-hybridized carbons (Fsp3) is 0.500. The van der Waals surface area contributed by atoms with Crippen molar-refractivity contribution >= 4 is 17.2 Å². The number of amides is 1. The minimum atomic E-state index is -0.116. The van der Waals surface area contributed by atoms with E-state index in [0.29, 0.717) is 18.9 Å². The lowest BCUT2D eigenvalue weighted by molar-refractivity contribution is -0.00409. The van der Waals surface area contributed by atoms with E-state index in [4.69, 9.17) is 9.47 Å². The molecule has 134 valence electrons. The standard InChI is InChI=1S/C18H23N3O3S/c1-23-9-10-24-14-7-5-13(6-8-14)20-18(22)16-4-2-3-15(21-16)17-11-19-12-25-17/h2-4,11-14H,5-10H2,1H3,(H,20,22). The van der Waals surface area contributed by atoms with Gasteiger partial charge in [0, 0.05) is 19.3 Å². The maximum Gasteiger partial charge on any atom is 0.270 e. The van der Waals surface area contributed by atoms with Gasteiger partial charge in [-0.25, -0.2) is 4.98 Å². The summed E-state index contributed by atoms with van der Waals surface area (Å²) in [6, 6.07) is 5.69. The summed E-state index contributed by atoms with van der Waals surface area (Å²) >= 11 is 1.51. The summed E-state index contributed by atoms with van der Waals surface area (Å²) < 4.78 is 10.8. The number of nitrogens with one attached hydrogen (secondary N) is 1. The zero-order valence-electron chi connectivity index (χ0n) is 14.3. The molecule has 2 aromatic heterocycles. The van der Waals surface area contributed by atoms with Gasteiger partial charge in [0.25, 0.3) is 5.91 Å². The van der Waals surface area contributed by atoms with Crippen LogP contribution >= 0.6 is 11.3 Å². The molecule has 1 amide bonds. The Morgan fingerprint density at radius 3 is 2.84 bits per heavy atom. The smallest absolute Gasteiger partial charge is 0.270 e. The Labute approximate surface area is 151 Å². The molecule has 1 N–H and O–H groups in total. The quantitative estimate of drug-likeness (QED) is 0.768. The van der Waals surface area contributed by atoms with E-state index in [1.165, 1.54) is 11.3 Å². The Balaban J connectivity index is 1.51. The van der Waals surface area contributed by atoms with Crippen molar-refractivity contribution in [3.8, 4) is 10.6 Å². The second-order valence-corrected chi connectivity index (χ2v) is 6.97. The minimum Gasteiger partial charge on any atom is -0.382 e. The van der Waals surface area contributed by atoms with Crippen molar-refractivity contribution in [3.63, 3.8) is 0 Å². The monoisotopic (exact) mass is 361 g/mol. The molecule has 1 aliphatic rings. The number of nitrogens with zero attached hydrogens (tertiary/aromatic N) is 2. The van der Waals surface area contributed by atoms with Crippen LogP contribution < -0.4 is 5.32 Å². The van der Waals surface area contributed by atoms with Gasteiger partial charge in [0.15, 0.2) is 0 Å². The summed E-state index contributed by atoms with van der Waals surface area (Å²) in [5.74, 6) is -0.116. The number of methoxy groups -OCH3 is 1. The summed E-state index contributed by atoms with van der Waals surface area (Å²) in [6.45, 7) is 1.25. The van der Waals surface area contributed by atoms with Crippen molar-refractivity contribution in [1.82, 2.24) is 15.3 Å². The molecule has 2 aromatic rings. The van der Waals surface area contributed by atoms with Gasteiger partial charge >= 0.3 is 0 Å². The third-order valence-corrected chi connectivity index (χ3v) is 5.11. The third kappa shape index (κ3) is 5.07. The molecule has 1 fully saturated rings. The number of rotatable bonds is 7. The molecule has 0 aromatic carbocycles. The van der Waals surface area contributed by atoms with Crippen molar-refractivity contribution in [1.29, 1.82) is 0 Å². The fourth-order valence-electron chi connectivity index (χ4n) is 2.97. The number of carbonyl (C=O) groups excluding carboxylic acids is 1. The number of thiazole rings is 1. The molecular weight excluding hydrogens is 338 g/mol. The van der Waals surface area contributed by atoms with Crippen LogP contribution in [0.25, 0.3) is 10.6 Å². The second kappa shape index (κ2) is 9.03. The molecular formula is C18H23N3O3S. The van der Waals surface area contributed by atoms with Crippen LogP contribution in [-0.2, 0) is 9.47 Å². The van der Waals surface area contributed by atoms with Gasteiger partial charge in [0.1, 0.15) is 5.69 Å². The van der Waals surface area contributed by atoms with Crippen molar-refractivity contribution in [3.05, 3.63) is 35.6 Å². The van der Waals surface area contributed by atoms with Crippen LogP contribution in [0.4, 0.5) is 0 Å². The van der Waals surface area contributed by atoms with Crippen LogP contribution in [0.3, 0.4) is 0 Å². The van der Waals surface area contributed by atoms with Crippen molar-refractivity contribution in [2.75, 3.05) is 20.3 Å². The normalized spacial score (nSPS) is 20.4. The van der Waals surface area contributed by atoms with Gasteiger partial charge in [0.05, 0.1) is 35.4 Å². The Kier molecular flexibility index (Phi) is 6.49. The van der Waals surface area contributed by atoms with E-state index in [0.717, 1.165) is 36.3 Å². The first kappa shape index (κ1) is 18.0. The fourth-order valence-corrected chi connectivity index (χ4v) is 3.56. The van der Waals surface area contributed by atoms with Gasteiger partial charge in [-0.15, -0.1) is 11.3 Å². The van der Waals surface area contributed by atoms with Gasteiger partial charge in [-0.3, -0.25) is 9.78 Å². The van der Waals surface area contributed by atoms with Crippen LogP contribution in [-0.4, -0.2) is 48.3 Å². The Morgan fingerprint density at radius 2 is 2.12 bits per heavy atom. The van der Waals surface area contributed by atoms with Crippen molar-refractivity contribution < 1.29 is 14.3 Å². The van der Waals surface area contributed by atoms with E-state index in [-0.39, 0.29) is 18.1 Å². The number of pyridine rings is 1. The van der Waals surface area contributed by atoms with E-state index in [1.807, 2.05) is 12.1 Å². The second-order valence-electron chi connectivity index (χ2n) is 6.08. The predicted octanol–water partition coefficient (Wildman–Crippen LogP) is 2.91. The summed E-state index contributed by atoms with van der Waals surface area (Å²) in [5, 5.41) is 3.10. The van der Waals surface area contributed by atoms with E-state index in [1.54, 1.807) is 24.9 Å². The number of hydrogen-bond donors (Lipinski definition) is 1. The summed E-state index contributed by atoms with van der Waals surface area (Å²) in [5.41, 5.74) is 2.99.